The Hall–Kier alpha value is -3.00. The summed E-state index contributed by atoms with van der Waals surface area (Å²) in [7, 11) is 0. The maximum Gasteiger partial charge on any atom is 0.151 e. The number of para-hydroxylation sites is 2. The van der Waals surface area contributed by atoms with Crippen molar-refractivity contribution >= 4 is 33.1 Å². The molecule has 2 aromatic carbocycles. The van der Waals surface area contributed by atoms with E-state index in [2.05, 4.69) is 50.5 Å². The van der Waals surface area contributed by atoms with Gasteiger partial charge >= 0.3 is 0 Å². The number of aromatic nitrogens is 2. The molecule has 4 aromatic rings. The van der Waals surface area contributed by atoms with Crippen LogP contribution in [-0.4, -0.2) is 46.3 Å². The molecular formula is C23H22N4O2S. The number of anilines is 2. The standard InChI is InChI=1S/C23H22N4O2S/c28-20-4-2-1-3-18(20)26-23-22-19(24-15-25-23)13-21(30-22)17-7-5-16(6-8-17)14-27-9-11-29-12-10-27/h1-8,13,15,28H,9-12,14H2,(H,24,25,26). The third kappa shape index (κ3) is 4.00. The van der Waals surface area contributed by atoms with Crippen LogP contribution in [0, 0.1) is 0 Å². The maximum atomic E-state index is 10.1. The highest BCUT2D eigenvalue weighted by atomic mass is 32.1. The fourth-order valence-corrected chi connectivity index (χ4v) is 4.65. The van der Waals surface area contributed by atoms with Crippen LogP contribution >= 0.6 is 11.3 Å². The quantitative estimate of drug-likeness (QED) is 0.460. The molecule has 0 aliphatic carbocycles. The highest BCUT2D eigenvalue weighted by Gasteiger charge is 2.13. The van der Waals surface area contributed by atoms with Gasteiger partial charge < -0.3 is 15.2 Å². The molecule has 0 spiro atoms. The van der Waals surface area contributed by atoms with Gasteiger partial charge in [0.05, 0.1) is 29.1 Å². The van der Waals surface area contributed by atoms with Crippen LogP contribution in [-0.2, 0) is 11.3 Å². The number of aromatic hydroxyl groups is 1. The predicted molar refractivity (Wildman–Crippen MR) is 120 cm³/mol. The molecule has 0 saturated carbocycles. The second-order valence-electron chi connectivity index (χ2n) is 7.27. The second kappa shape index (κ2) is 8.39. The smallest absolute Gasteiger partial charge is 0.151 e. The lowest BCUT2D eigenvalue weighted by Crippen LogP contribution is -2.35. The Morgan fingerprint density at radius 2 is 1.83 bits per heavy atom. The van der Waals surface area contributed by atoms with Gasteiger partial charge in [-0.1, -0.05) is 36.4 Å². The number of ether oxygens (including phenoxy) is 1. The van der Waals surface area contributed by atoms with Gasteiger partial charge in [-0.25, -0.2) is 9.97 Å². The minimum atomic E-state index is 0.192. The van der Waals surface area contributed by atoms with Gasteiger partial charge in [-0.15, -0.1) is 11.3 Å². The molecule has 1 fully saturated rings. The Labute approximate surface area is 178 Å². The third-order valence-corrected chi connectivity index (χ3v) is 6.40. The van der Waals surface area contributed by atoms with E-state index >= 15 is 0 Å². The number of morpholine rings is 1. The summed E-state index contributed by atoms with van der Waals surface area (Å²) in [6, 6.07) is 18.0. The molecule has 1 saturated heterocycles. The molecule has 0 unspecified atom stereocenters. The highest BCUT2D eigenvalue weighted by Crippen LogP contribution is 2.37. The van der Waals surface area contributed by atoms with Gasteiger partial charge in [-0.2, -0.15) is 0 Å². The zero-order valence-corrected chi connectivity index (χ0v) is 17.2. The summed E-state index contributed by atoms with van der Waals surface area (Å²) >= 11 is 1.65. The summed E-state index contributed by atoms with van der Waals surface area (Å²) in [6.45, 7) is 4.57. The van der Waals surface area contributed by atoms with Crippen molar-refractivity contribution in [3.05, 3.63) is 66.5 Å². The third-order valence-electron chi connectivity index (χ3n) is 5.22. The Balaban J connectivity index is 1.39. The Morgan fingerprint density at radius 1 is 1.03 bits per heavy atom. The SMILES string of the molecule is Oc1ccccc1Nc1ncnc2cc(-c3ccc(CN4CCOCC4)cc3)sc12. The molecule has 2 aromatic heterocycles. The van der Waals surface area contributed by atoms with Crippen molar-refractivity contribution < 1.29 is 9.84 Å². The normalized spacial score (nSPS) is 14.8. The number of thiophene rings is 1. The Kier molecular flexibility index (Phi) is 5.31. The number of hydrogen-bond acceptors (Lipinski definition) is 7. The molecule has 0 radical (unpaired) electrons. The summed E-state index contributed by atoms with van der Waals surface area (Å²) in [4.78, 5) is 12.4. The lowest BCUT2D eigenvalue weighted by Gasteiger charge is -2.26. The first kappa shape index (κ1) is 19.0. The molecular weight excluding hydrogens is 396 g/mol. The van der Waals surface area contributed by atoms with E-state index < -0.39 is 0 Å². The largest absolute Gasteiger partial charge is 0.506 e. The van der Waals surface area contributed by atoms with Crippen LogP contribution in [0.5, 0.6) is 5.75 Å². The minimum Gasteiger partial charge on any atom is -0.506 e. The number of nitrogens with zero attached hydrogens (tertiary/aromatic N) is 3. The molecule has 5 rings (SSSR count). The summed E-state index contributed by atoms with van der Waals surface area (Å²) in [6.07, 6.45) is 1.55. The van der Waals surface area contributed by atoms with E-state index in [-0.39, 0.29) is 5.75 Å². The van der Waals surface area contributed by atoms with Crippen LogP contribution in [0.3, 0.4) is 0 Å². The van der Waals surface area contributed by atoms with Gasteiger partial charge in [0.15, 0.2) is 5.82 Å². The number of fused-ring (bicyclic) bond motifs is 1. The number of phenolic OH excluding ortho intramolecular Hbond substituents is 1. The Morgan fingerprint density at radius 3 is 2.63 bits per heavy atom. The first-order chi connectivity index (χ1) is 14.8. The number of nitrogens with one attached hydrogen (secondary N) is 1. The maximum absolute atomic E-state index is 10.1. The lowest BCUT2D eigenvalue weighted by molar-refractivity contribution is 0.0342. The molecule has 0 atom stereocenters. The summed E-state index contributed by atoms with van der Waals surface area (Å²) in [5.41, 5.74) is 3.99. The number of rotatable bonds is 5. The van der Waals surface area contributed by atoms with Crippen molar-refractivity contribution in [1.82, 2.24) is 14.9 Å². The van der Waals surface area contributed by atoms with E-state index in [9.17, 15) is 5.11 Å². The van der Waals surface area contributed by atoms with Crippen molar-refractivity contribution in [2.75, 3.05) is 31.6 Å². The molecule has 1 aliphatic heterocycles. The monoisotopic (exact) mass is 418 g/mol. The summed E-state index contributed by atoms with van der Waals surface area (Å²) in [5, 5.41) is 13.3. The van der Waals surface area contributed by atoms with Crippen molar-refractivity contribution in [2.45, 2.75) is 6.54 Å². The predicted octanol–water partition coefficient (Wildman–Crippen LogP) is 4.64. The first-order valence-corrected chi connectivity index (χ1v) is 10.8. The van der Waals surface area contributed by atoms with Crippen LogP contribution < -0.4 is 5.32 Å². The van der Waals surface area contributed by atoms with Crippen molar-refractivity contribution in [3.63, 3.8) is 0 Å². The van der Waals surface area contributed by atoms with E-state index in [0.29, 0.717) is 11.5 Å². The summed E-state index contributed by atoms with van der Waals surface area (Å²) < 4.78 is 6.39. The van der Waals surface area contributed by atoms with Gasteiger partial charge in [0.25, 0.3) is 0 Å². The van der Waals surface area contributed by atoms with Crippen molar-refractivity contribution in [1.29, 1.82) is 0 Å². The molecule has 30 heavy (non-hydrogen) atoms. The second-order valence-corrected chi connectivity index (χ2v) is 8.33. The van der Waals surface area contributed by atoms with Crippen molar-refractivity contribution in [3.8, 4) is 16.2 Å². The molecule has 1 aliphatic rings. The topological polar surface area (TPSA) is 70.5 Å². The van der Waals surface area contributed by atoms with E-state index in [0.717, 1.165) is 53.5 Å². The van der Waals surface area contributed by atoms with E-state index in [1.165, 1.54) is 5.56 Å². The number of hydrogen-bond donors (Lipinski definition) is 2. The van der Waals surface area contributed by atoms with Crippen LogP contribution in [0.2, 0.25) is 0 Å². The Bertz CT molecular complexity index is 1150. The van der Waals surface area contributed by atoms with E-state index in [4.69, 9.17) is 4.74 Å². The summed E-state index contributed by atoms with van der Waals surface area (Å²) in [5.74, 6) is 0.888. The van der Waals surface area contributed by atoms with Crippen molar-refractivity contribution in [2.24, 2.45) is 0 Å². The molecule has 3 heterocycles. The minimum absolute atomic E-state index is 0.192. The zero-order valence-electron chi connectivity index (χ0n) is 16.4. The van der Waals surface area contributed by atoms with Gasteiger partial charge in [0, 0.05) is 24.5 Å². The fourth-order valence-electron chi connectivity index (χ4n) is 3.58. The molecule has 7 heteroatoms. The average Bonchev–Trinajstić information content (AvgIpc) is 3.22. The van der Waals surface area contributed by atoms with Crippen LogP contribution in [0.25, 0.3) is 20.7 Å². The molecule has 152 valence electrons. The number of benzene rings is 2. The average molecular weight is 419 g/mol. The number of phenols is 1. The first-order valence-electron chi connectivity index (χ1n) is 9.95. The van der Waals surface area contributed by atoms with Crippen LogP contribution in [0.15, 0.2) is 60.9 Å². The fraction of sp³-hybridized carbons (Fsp3) is 0.217. The lowest BCUT2D eigenvalue weighted by atomic mass is 10.1. The highest BCUT2D eigenvalue weighted by molar-refractivity contribution is 7.22. The van der Waals surface area contributed by atoms with E-state index in [1.807, 2.05) is 12.1 Å². The molecule has 2 N–H and O–H groups in total. The van der Waals surface area contributed by atoms with Crippen LogP contribution in [0.1, 0.15) is 5.56 Å². The van der Waals surface area contributed by atoms with Gasteiger partial charge in [-0.05, 0) is 29.3 Å². The molecule has 0 bridgehead atoms. The van der Waals surface area contributed by atoms with Gasteiger partial charge in [0.1, 0.15) is 12.1 Å². The van der Waals surface area contributed by atoms with Gasteiger partial charge in [-0.3, -0.25) is 4.90 Å². The zero-order chi connectivity index (χ0) is 20.3. The van der Waals surface area contributed by atoms with E-state index in [1.54, 1.807) is 29.8 Å². The van der Waals surface area contributed by atoms with Gasteiger partial charge in [0.2, 0.25) is 0 Å². The van der Waals surface area contributed by atoms with Crippen LogP contribution in [0.4, 0.5) is 11.5 Å². The molecule has 6 nitrogen and oxygen atoms in total. The molecule has 0 amide bonds.